The molecule has 1 atom stereocenters. The van der Waals surface area contributed by atoms with Crippen molar-refractivity contribution in [1.82, 2.24) is 4.98 Å². The van der Waals surface area contributed by atoms with E-state index in [2.05, 4.69) is 153 Å². The zero-order valence-corrected chi connectivity index (χ0v) is 36.4. The number of aromatic nitrogens is 1. The summed E-state index contributed by atoms with van der Waals surface area (Å²) in [5.74, 6) is 8.00. The van der Waals surface area contributed by atoms with E-state index in [1.54, 1.807) is 4.40 Å². The first-order valence-electron chi connectivity index (χ1n) is 18.9. The normalized spacial score (nSPS) is 13.6. The van der Waals surface area contributed by atoms with Gasteiger partial charge < -0.3 is 4.42 Å². The van der Waals surface area contributed by atoms with Gasteiger partial charge in [-0.15, -0.1) is 18.2 Å². The Morgan fingerprint density at radius 3 is 2.24 bits per heavy atom. The summed E-state index contributed by atoms with van der Waals surface area (Å²) in [6, 6.07) is 57.1. The fourth-order valence-corrected chi connectivity index (χ4v) is 10.9. The summed E-state index contributed by atoms with van der Waals surface area (Å²) in [7, 11) is 0. The Kier molecular flexibility index (Phi) is 11.5. The van der Waals surface area contributed by atoms with Gasteiger partial charge in [-0.05, 0) is 40.1 Å². The van der Waals surface area contributed by atoms with Crippen molar-refractivity contribution in [3.8, 4) is 22.4 Å². The maximum absolute atomic E-state index is 6.36. The van der Waals surface area contributed by atoms with Crippen molar-refractivity contribution in [2.75, 3.05) is 0 Å². The smallest absolute Gasteiger partial charge is 0.120 e. The molecule has 0 spiro atoms. The molecule has 0 N–H and O–H groups in total. The molecular formula is C50H44GeIrN2O-2. The number of hydrogen-bond acceptors (Lipinski definition) is 3. The number of hydrogen-bond donors (Lipinski definition) is 0. The topological polar surface area (TPSA) is 38.4 Å². The molecule has 0 saturated carbocycles. The van der Waals surface area contributed by atoms with E-state index in [0.29, 0.717) is 5.92 Å². The minimum atomic E-state index is -1.86. The molecule has 5 heteroatoms. The van der Waals surface area contributed by atoms with Gasteiger partial charge in [0.2, 0.25) is 0 Å². The standard InChI is InChI=1S/C32H20NO.C18H24GeN.Ir/c1-2-10-21(11-3-1)22-12-8-13-23(20-22)30-26-15-4-6-18-28(26)33-31(30)27-17-9-16-25-24-14-5-7-19-29(24)34-32(25)27;1-14(2)11-16-12-18(15-9-7-6-8-10-15)20-13-17(16)19(3,4)5;/h1-16,18-20,30H;6-9,12-14H,11H2,1-5H3;/q2*-1;. The number of pyridine rings is 1. The summed E-state index contributed by atoms with van der Waals surface area (Å²) >= 11 is -1.86. The number of nitrogens with zero attached hydrogens (tertiary/aromatic N) is 2. The molecule has 3 heterocycles. The van der Waals surface area contributed by atoms with Gasteiger partial charge in [-0.25, -0.2) is 0 Å². The molecular weight excluding hydrogens is 909 g/mol. The second kappa shape index (κ2) is 16.5. The van der Waals surface area contributed by atoms with Crippen LogP contribution in [0, 0.1) is 18.1 Å². The first-order chi connectivity index (χ1) is 26.2. The van der Waals surface area contributed by atoms with Crippen LogP contribution in [0.1, 0.15) is 42.0 Å². The van der Waals surface area contributed by atoms with Crippen molar-refractivity contribution in [3.63, 3.8) is 0 Å². The summed E-state index contributed by atoms with van der Waals surface area (Å²) in [6.45, 7) is 4.57. The van der Waals surface area contributed by atoms with Crippen LogP contribution in [0.3, 0.4) is 0 Å². The average Bonchev–Trinajstić information content (AvgIpc) is 3.77. The van der Waals surface area contributed by atoms with Crippen LogP contribution < -0.4 is 4.40 Å². The molecule has 2 aromatic heterocycles. The maximum atomic E-state index is 6.36. The van der Waals surface area contributed by atoms with Crippen LogP contribution >= 0.6 is 0 Å². The van der Waals surface area contributed by atoms with Crippen LogP contribution in [0.4, 0.5) is 5.69 Å². The summed E-state index contributed by atoms with van der Waals surface area (Å²) in [5, 5.41) is 2.21. The molecule has 3 nitrogen and oxygen atoms in total. The van der Waals surface area contributed by atoms with E-state index in [4.69, 9.17) is 14.4 Å². The van der Waals surface area contributed by atoms with Crippen LogP contribution in [0.25, 0.3) is 44.3 Å². The molecule has 0 saturated heterocycles. The second-order valence-corrected chi connectivity index (χ2v) is 26.1. The molecule has 8 aromatic rings. The molecule has 0 fully saturated rings. The monoisotopic (exact) mass is 955 g/mol. The number of aliphatic imine (C=N–C) groups is 1. The van der Waals surface area contributed by atoms with E-state index in [9.17, 15) is 0 Å². The zero-order valence-electron chi connectivity index (χ0n) is 31.9. The van der Waals surface area contributed by atoms with E-state index < -0.39 is 13.3 Å². The Labute approximate surface area is 341 Å². The van der Waals surface area contributed by atoms with Gasteiger partial charge in [0.25, 0.3) is 0 Å². The predicted octanol–water partition coefficient (Wildman–Crippen LogP) is 12.6. The van der Waals surface area contributed by atoms with Crippen molar-refractivity contribution >= 4 is 51.0 Å². The zero-order chi connectivity index (χ0) is 37.2. The number of para-hydroxylation sites is 2. The van der Waals surface area contributed by atoms with Gasteiger partial charge in [0.1, 0.15) is 5.58 Å². The Hall–Kier alpha value is -4.87. The van der Waals surface area contributed by atoms with Crippen LogP contribution in [0.2, 0.25) is 17.3 Å². The molecule has 9 rings (SSSR count). The van der Waals surface area contributed by atoms with E-state index >= 15 is 0 Å². The Morgan fingerprint density at radius 2 is 1.45 bits per heavy atom. The first kappa shape index (κ1) is 38.4. The number of benzene rings is 6. The minimum absolute atomic E-state index is 0. The van der Waals surface area contributed by atoms with Gasteiger partial charge in [-0.3, -0.25) is 4.99 Å². The number of furan rings is 1. The SMILES string of the molecule is CC(C)Cc1cc(-c2[c-]cccc2)nc[c]1[Ge]([CH3])([CH3])[CH3].[Ir].[c-]1ccc2c(oc3ccccc32)c1C1=Nc2ccccc2C1c1cccc(-c2ccccc2)c1. The molecule has 0 amide bonds. The van der Waals surface area contributed by atoms with E-state index in [0.717, 1.165) is 56.6 Å². The summed E-state index contributed by atoms with van der Waals surface area (Å²) in [4.78, 5) is 9.83. The van der Waals surface area contributed by atoms with Crippen LogP contribution in [0.5, 0.6) is 0 Å². The van der Waals surface area contributed by atoms with E-state index in [1.165, 1.54) is 27.8 Å². The van der Waals surface area contributed by atoms with Crippen molar-refractivity contribution in [1.29, 1.82) is 0 Å². The van der Waals surface area contributed by atoms with Gasteiger partial charge in [0.05, 0.1) is 11.3 Å². The van der Waals surface area contributed by atoms with Crippen molar-refractivity contribution in [2.24, 2.45) is 10.9 Å². The third kappa shape index (κ3) is 8.09. The quantitative estimate of drug-likeness (QED) is 0.118. The van der Waals surface area contributed by atoms with Gasteiger partial charge in [-0.1, -0.05) is 102 Å². The average molecular weight is 954 g/mol. The molecule has 1 aliphatic heterocycles. The molecule has 0 bridgehead atoms. The fourth-order valence-electron chi connectivity index (χ4n) is 7.60. The van der Waals surface area contributed by atoms with Crippen LogP contribution in [-0.2, 0) is 26.5 Å². The third-order valence-corrected chi connectivity index (χ3v) is 14.4. The molecule has 1 aliphatic rings. The van der Waals surface area contributed by atoms with Gasteiger partial charge in [0, 0.05) is 31.4 Å². The molecule has 1 unspecified atom stereocenters. The molecule has 1 radical (unpaired) electrons. The van der Waals surface area contributed by atoms with E-state index in [1.807, 2.05) is 42.5 Å². The summed E-state index contributed by atoms with van der Waals surface area (Å²) in [5.41, 5.74) is 13.1. The molecule has 275 valence electrons. The van der Waals surface area contributed by atoms with Crippen molar-refractivity contribution in [3.05, 3.63) is 186 Å². The van der Waals surface area contributed by atoms with Crippen molar-refractivity contribution < 1.29 is 24.5 Å². The van der Waals surface area contributed by atoms with Gasteiger partial charge >= 0.3 is 126 Å². The Bertz CT molecular complexity index is 2600. The predicted molar refractivity (Wildman–Crippen MR) is 229 cm³/mol. The van der Waals surface area contributed by atoms with Crippen LogP contribution in [-0.4, -0.2) is 24.0 Å². The van der Waals surface area contributed by atoms with Gasteiger partial charge in [0.15, 0.2) is 0 Å². The Morgan fingerprint density at radius 1 is 0.709 bits per heavy atom. The van der Waals surface area contributed by atoms with Gasteiger partial charge in [-0.2, -0.15) is 0 Å². The van der Waals surface area contributed by atoms with Crippen molar-refractivity contribution in [2.45, 2.75) is 43.5 Å². The first-order valence-corrected chi connectivity index (χ1v) is 26.2. The number of rotatable bonds is 7. The summed E-state index contributed by atoms with van der Waals surface area (Å²) < 4.78 is 7.90. The number of fused-ring (bicyclic) bond motifs is 4. The molecule has 0 aliphatic carbocycles. The second-order valence-electron chi connectivity index (χ2n) is 15.5. The third-order valence-electron chi connectivity index (χ3n) is 10.1. The Balaban J connectivity index is 0.000000191. The van der Waals surface area contributed by atoms with Crippen LogP contribution in [0.15, 0.2) is 161 Å². The molecule has 55 heavy (non-hydrogen) atoms. The largest absolute Gasteiger partial charge is 0.501 e. The summed E-state index contributed by atoms with van der Waals surface area (Å²) in [6.07, 6.45) is 3.27. The maximum Gasteiger partial charge on any atom is 0.120 e. The van der Waals surface area contributed by atoms with E-state index in [-0.39, 0.29) is 26.0 Å². The molecule has 6 aromatic carbocycles. The minimum Gasteiger partial charge on any atom is -0.501 e. The fraction of sp³-hybridized carbons (Fsp3) is 0.160.